The van der Waals surface area contributed by atoms with E-state index in [4.69, 9.17) is 0 Å². The molecule has 0 saturated carbocycles. The highest BCUT2D eigenvalue weighted by Crippen LogP contribution is 2.25. The average Bonchev–Trinajstić information content (AvgIpc) is 2.85. The lowest BCUT2D eigenvalue weighted by Gasteiger charge is -2.00. The van der Waals surface area contributed by atoms with E-state index in [9.17, 15) is 0 Å². The number of nitrogens with one attached hydrogen (secondary N) is 1. The molecule has 1 aromatic carbocycles. The van der Waals surface area contributed by atoms with E-state index in [1.165, 1.54) is 28.8 Å². The van der Waals surface area contributed by atoms with Crippen molar-refractivity contribution in [2.75, 3.05) is 6.54 Å². The van der Waals surface area contributed by atoms with Crippen molar-refractivity contribution >= 4 is 11.3 Å². The molecule has 1 aromatic heterocycles. The average molecular weight is 245 g/mol. The molecule has 2 heteroatoms. The van der Waals surface area contributed by atoms with Crippen molar-refractivity contribution in [1.82, 2.24) is 5.32 Å². The molecule has 0 spiro atoms. The Kier molecular flexibility index (Phi) is 4.77. The molecular formula is C15H19NS. The van der Waals surface area contributed by atoms with Gasteiger partial charge in [0.1, 0.15) is 0 Å². The van der Waals surface area contributed by atoms with E-state index < -0.39 is 0 Å². The SMILES string of the molecule is CCCCNCc1cc(-c2ccccc2)cs1. The fraction of sp³-hybridized carbons (Fsp3) is 0.333. The Morgan fingerprint density at radius 2 is 1.94 bits per heavy atom. The molecule has 0 fully saturated rings. The minimum atomic E-state index is 0.998. The van der Waals surface area contributed by atoms with Gasteiger partial charge in [0.15, 0.2) is 0 Å². The molecular weight excluding hydrogens is 226 g/mol. The minimum Gasteiger partial charge on any atom is -0.312 e. The number of benzene rings is 1. The zero-order chi connectivity index (χ0) is 11.9. The minimum absolute atomic E-state index is 0.998. The Hall–Kier alpha value is -1.12. The fourth-order valence-corrected chi connectivity index (χ4v) is 2.63. The summed E-state index contributed by atoms with van der Waals surface area (Å²) in [4.78, 5) is 1.42. The van der Waals surface area contributed by atoms with Crippen LogP contribution in [0.2, 0.25) is 0 Å². The van der Waals surface area contributed by atoms with Gasteiger partial charge in [-0.2, -0.15) is 0 Å². The summed E-state index contributed by atoms with van der Waals surface area (Å²) in [6, 6.07) is 12.9. The lowest BCUT2D eigenvalue weighted by Crippen LogP contribution is -2.13. The van der Waals surface area contributed by atoms with Crippen molar-refractivity contribution < 1.29 is 0 Å². The summed E-state index contributed by atoms with van der Waals surface area (Å²) < 4.78 is 0. The Bertz CT molecular complexity index is 433. The van der Waals surface area contributed by atoms with Crippen LogP contribution in [0.1, 0.15) is 24.6 Å². The summed E-state index contributed by atoms with van der Waals surface area (Å²) in [6.07, 6.45) is 2.52. The van der Waals surface area contributed by atoms with Crippen molar-refractivity contribution in [1.29, 1.82) is 0 Å². The molecule has 17 heavy (non-hydrogen) atoms. The number of unbranched alkanes of at least 4 members (excludes halogenated alkanes) is 1. The number of rotatable bonds is 6. The third kappa shape index (κ3) is 3.69. The molecule has 0 aliphatic heterocycles. The van der Waals surface area contributed by atoms with Gasteiger partial charge in [-0.05, 0) is 35.5 Å². The zero-order valence-corrected chi connectivity index (χ0v) is 11.1. The third-order valence-corrected chi connectivity index (χ3v) is 3.70. The Balaban J connectivity index is 1.92. The summed E-state index contributed by atoms with van der Waals surface area (Å²) in [7, 11) is 0. The van der Waals surface area contributed by atoms with Gasteiger partial charge in [0, 0.05) is 11.4 Å². The molecule has 1 nitrogen and oxygen atoms in total. The maximum absolute atomic E-state index is 3.48. The predicted octanol–water partition coefficient (Wildman–Crippen LogP) is 4.30. The molecule has 0 unspecified atom stereocenters. The lowest BCUT2D eigenvalue weighted by atomic mass is 10.1. The maximum atomic E-state index is 3.48. The van der Waals surface area contributed by atoms with E-state index in [-0.39, 0.29) is 0 Å². The Morgan fingerprint density at radius 1 is 1.12 bits per heavy atom. The largest absolute Gasteiger partial charge is 0.312 e. The standard InChI is InChI=1S/C15H19NS/c1-2-3-9-16-11-15-10-14(12-17-15)13-7-5-4-6-8-13/h4-8,10,12,16H,2-3,9,11H2,1H3. The quantitative estimate of drug-likeness (QED) is 0.748. The van der Waals surface area contributed by atoms with Crippen molar-refractivity contribution in [2.24, 2.45) is 0 Å². The van der Waals surface area contributed by atoms with Crippen LogP contribution in [0.15, 0.2) is 41.8 Å². The molecule has 0 saturated heterocycles. The highest BCUT2D eigenvalue weighted by Gasteiger charge is 2.01. The van der Waals surface area contributed by atoms with Gasteiger partial charge in [-0.1, -0.05) is 43.7 Å². The second kappa shape index (κ2) is 6.58. The second-order valence-electron chi connectivity index (χ2n) is 4.20. The number of hydrogen-bond donors (Lipinski definition) is 1. The van der Waals surface area contributed by atoms with E-state index in [0.29, 0.717) is 0 Å². The summed E-state index contributed by atoms with van der Waals surface area (Å²) in [5.74, 6) is 0. The summed E-state index contributed by atoms with van der Waals surface area (Å²) >= 11 is 1.84. The van der Waals surface area contributed by atoms with Gasteiger partial charge in [-0.3, -0.25) is 0 Å². The Labute approximate surface area is 108 Å². The topological polar surface area (TPSA) is 12.0 Å². The molecule has 90 valence electrons. The third-order valence-electron chi connectivity index (χ3n) is 2.77. The van der Waals surface area contributed by atoms with Gasteiger partial charge >= 0.3 is 0 Å². The first-order valence-electron chi connectivity index (χ1n) is 6.23. The van der Waals surface area contributed by atoms with E-state index >= 15 is 0 Å². The maximum Gasteiger partial charge on any atom is 0.0299 e. The van der Waals surface area contributed by atoms with Crippen LogP contribution in [0.25, 0.3) is 11.1 Å². The van der Waals surface area contributed by atoms with Crippen molar-refractivity contribution in [3.05, 3.63) is 46.7 Å². The lowest BCUT2D eigenvalue weighted by molar-refractivity contribution is 0.646. The highest BCUT2D eigenvalue weighted by atomic mass is 32.1. The van der Waals surface area contributed by atoms with E-state index in [1.807, 2.05) is 11.3 Å². The fourth-order valence-electron chi connectivity index (χ4n) is 1.77. The van der Waals surface area contributed by atoms with Crippen molar-refractivity contribution in [3.8, 4) is 11.1 Å². The second-order valence-corrected chi connectivity index (χ2v) is 5.19. The van der Waals surface area contributed by atoms with Crippen LogP contribution in [0.4, 0.5) is 0 Å². The molecule has 2 aromatic rings. The van der Waals surface area contributed by atoms with E-state index in [1.54, 1.807) is 0 Å². The monoisotopic (exact) mass is 245 g/mol. The molecule has 0 amide bonds. The normalized spacial score (nSPS) is 10.6. The van der Waals surface area contributed by atoms with Crippen LogP contribution < -0.4 is 5.32 Å². The molecule has 0 radical (unpaired) electrons. The summed E-state index contributed by atoms with van der Waals surface area (Å²) in [6.45, 7) is 4.34. The zero-order valence-electron chi connectivity index (χ0n) is 10.3. The molecule has 0 bridgehead atoms. The summed E-state index contributed by atoms with van der Waals surface area (Å²) in [5, 5.41) is 5.72. The van der Waals surface area contributed by atoms with Crippen LogP contribution in [-0.4, -0.2) is 6.54 Å². The van der Waals surface area contributed by atoms with Gasteiger partial charge in [0.2, 0.25) is 0 Å². The smallest absolute Gasteiger partial charge is 0.0299 e. The number of thiophene rings is 1. The first kappa shape index (κ1) is 12.3. The molecule has 2 rings (SSSR count). The first-order chi connectivity index (χ1) is 8.40. The van der Waals surface area contributed by atoms with Crippen molar-refractivity contribution in [2.45, 2.75) is 26.3 Å². The molecule has 0 atom stereocenters. The van der Waals surface area contributed by atoms with E-state index in [2.05, 4.69) is 54.0 Å². The van der Waals surface area contributed by atoms with Gasteiger partial charge in [-0.25, -0.2) is 0 Å². The van der Waals surface area contributed by atoms with Crippen LogP contribution in [0.3, 0.4) is 0 Å². The van der Waals surface area contributed by atoms with Crippen molar-refractivity contribution in [3.63, 3.8) is 0 Å². The van der Waals surface area contributed by atoms with Gasteiger partial charge < -0.3 is 5.32 Å². The molecule has 0 aliphatic carbocycles. The molecule has 1 N–H and O–H groups in total. The van der Waals surface area contributed by atoms with Gasteiger partial charge in [-0.15, -0.1) is 11.3 Å². The predicted molar refractivity (Wildman–Crippen MR) is 76.4 cm³/mol. The van der Waals surface area contributed by atoms with Gasteiger partial charge in [0.05, 0.1) is 0 Å². The Morgan fingerprint density at radius 3 is 2.71 bits per heavy atom. The molecule has 1 heterocycles. The van der Waals surface area contributed by atoms with Crippen LogP contribution >= 0.6 is 11.3 Å². The highest BCUT2D eigenvalue weighted by molar-refractivity contribution is 7.10. The van der Waals surface area contributed by atoms with Crippen LogP contribution in [-0.2, 0) is 6.54 Å². The van der Waals surface area contributed by atoms with Crippen LogP contribution in [0, 0.1) is 0 Å². The van der Waals surface area contributed by atoms with E-state index in [0.717, 1.165) is 13.1 Å². The number of hydrogen-bond acceptors (Lipinski definition) is 2. The summed E-state index contributed by atoms with van der Waals surface area (Å²) in [5.41, 5.74) is 2.64. The molecule has 0 aliphatic rings. The first-order valence-corrected chi connectivity index (χ1v) is 7.11. The van der Waals surface area contributed by atoms with Crippen LogP contribution in [0.5, 0.6) is 0 Å². The van der Waals surface area contributed by atoms with Gasteiger partial charge in [0.25, 0.3) is 0 Å².